The first-order chi connectivity index (χ1) is 12.1. The summed E-state index contributed by atoms with van der Waals surface area (Å²) in [6, 6.07) is 0. The van der Waals surface area contributed by atoms with Crippen LogP contribution in [0.25, 0.3) is 0 Å². The third-order valence-electron chi connectivity index (χ3n) is 3.03. The minimum absolute atomic E-state index is 0.970. The topological polar surface area (TPSA) is 281 Å². The molecule has 0 aliphatic carbocycles. The van der Waals surface area contributed by atoms with Crippen LogP contribution in [0.2, 0.25) is 0 Å². The predicted molar refractivity (Wildman–Crippen MR) is 80.4 cm³/mol. The van der Waals surface area contributed by atoms with Crippen LogP contribution < -0.4 is 4.72 Å². The van der Waals surface area contributed by atoms with Gasteiger partial charge in [-0.25, -0.2) is 13.1 Å². The molecule has 158 valence electrons. The fourth-order valence-electron chi connectivity index (χ4n) is 2.28. The smallest absolute Gasteiger partial charge is 0.282 e. The molecule has 0 saturated carbocycles. The average molecular weight is 503 g/mol. The van der Waals surface area contributed by atoms with Gasteiger partial charge in [-0.3, -0.25) is 23.0 Å². The van der Waals surface area contributed by atoms with Gasteiger partial charge in [0.15, 0.2) is 0 Å². The van der Waals surface area contributed by atoms with Crippen LogP contribution >= 0.6 is 0 Å². The number of sulfonamides is 1. The van der Waals surface area contributed by atoms with Crippen molar-refractivity contribution in [1.29, 1.82) is 0 Å². The van der Waals surface area contributed by atoms with Crippen molar-refractivity contribution in [1.82, 2.24) is 4.72 Å². The molecular formula is C7H5NO15S5. The molecule has 1 heterocycles. The average Bonchev–Trinajstić information content (AvgIpc) is 2.62. The van der Waals surface area contributed by atoms with Crippen molar-refractivity contribution in [2.45, 2.75) is 24.5 Å². The van der Waals surface area contributed by atoms with Gasteiger partial charge in [0.1, 0.15) is 24.5 Å². The van der Waals surface area contributed by atoms with Gasteiger partial charge in [0.25, 0.3) is 56.4 Å². The third kappa shape index (κ3) is 3.50. The fourth-order valence-corrected chi connectivity index (χ4v) is 9.14. The molecule has 0 radical (unpaired) electrons. The number of benzene rings is 1. The second-order valence-corrected chi connectivity index (χ2v) is 11.9. The highest BCUT2D eigenvalue weighted by atomic mass is 32.2. The van der Waals surface area contributed by atoms with Crippen LogP contribution in [0.1, 0.15) is 10.4 Å². The highest BCUT2D eigenvalue weighted by Crippen LogP contribution is 2.43. The van der Waals surface area contributed by atoms with Gasteiger partial charge in [-0.05, 0) is 0 Å². The number of fused-ring (bicyclic) bond motifs is 1. The lowest BCUT2D eigenvalue weighted by atomic mass is 10.2. The van der Waals surface area contributed by atoms with Crippen molar-refractivity contribution in [2.24, 2.45) is 0 Å². The van der Waals surface area contributed by atoms with Crippen molar-refractivity contribution in [3.63, 3.8) is 0 Å². The summed E-state index contributed by atoms with van der Waals surface area (Å²) in [5.74, 6) is -2.07. The number of nitrogens with one attached hydrogen (secondary N) is 1. The first-order valence-corrected chi connectivity index (χ1v) is 13.1. The molecule has 0 unspecified atom stereocenters. The predicted octanol–water partition coefficient (Wildman–Crippen LogP) is -2.89. The Balaban J connectivity index is 3.68. The molecule has 0 saturated heterocycles. The van der Waals surface area contributed by atoms with Gasteiger partial charge in [-0.1, -0.05) is 0 Å². The molecular weight excluding hydrogens is 498 g/mol. The Kier molecular flexibility index (Phi) is 4.75. The Morgan fingerprint density at radius 1 is 0.607 bits per heavy atom. The molecule has 0 atom stereocenters. The van der Waals surface area contributed by atoms with E-state index in [0.29, 0.717) is 0 Å². The lowest BCUT2D eigenvalue weighted by Crippen LogP contribution is -2.22. The standard InChI is InChI=1S/C7H5NO15S5/c9-7-1-2(24(10,11)8-7)4(26(15,16)17)6(28(21,22)23)5(27(18,19)20)3(1)25(12,13)14/h(H,8,9)(H,12,13,14)(H,15,16,17)(H,18,19,20)(H,21,22,23). The molecule has 1 aliphatic heterocycles. The highest BCUT2D eigenvalue weighted by Gasteiger charge is 2.51. The summed E-state index contributed by atoms with van der Waals surface area (Å²) in [5, 5.41) is 0. The minimum Gasteiger partial charge on any atom is -0.282 e. The van der Waals surface area contributed by atoms with Crippen LogP contribution in [-0.2, 0) is 50.5 Å². The lowest BCUT2D eigenvalue weighted by Gasteiger charge is -2.15. The Labute approximate surface area is 156 Å². The molecule has 0 aromatic heterocycles. The zero-order valence-electron chi connectivity index (χ0n) is 12.3. The van der Waals surface area contributed by atoms with Crippen LogP contribution in [0, 0.1) is 0 Å². The van der Waals surface area contributed by atoms with E-state index in [9.17, 15) is 65.1 Å². The van der Waals surface area contributed by atoms with Crippen molar-refractivity contribution in [3.8, 4) is 0 Å². The highest BCUT2D eigenvalue weighted by molar-refractivity contribution is 7.94. The second-order valence-electron chi connectivity index (χ2n) is 4.86. The van der Waals surface area contributed by atoms with Gasteiger partial charge in [0, 0.05) is 0 Å². The van der Waals surface area contributed by atoms with E-state index in [1.165, 1.54) is 0 Å². The van der Waals surface area contributed by atoms with Crippen LogP contribution in [0.5, 0.6) is 0 Å². The molecule has 28 heavy (non-hydrogen) atoms. The SMILES string of the molecule is O=C1NS(=O)(=O)c2c1c(S(=O)(=O)O)c(S(=O)(=O)O)c(S(=O)(=O)O)c2S(=O)(=O)O. The normalized spacial score (nSPS) is 17.2. The summed E-state index contributed by atoms with van der Waals surface area (Å²) in [5.41, 5.74) is -1.95. The molecule has 16 nitrogen and oxygen atoms in total. The van der Waals surface area contributed by atoms with Gasteiger partial charge < -0.3 is 0 Å². The van der Waals surface area contributed by atoms with E-state index in [1.807, 2.05) is 0 Å². The summed E-state index contributed by atoms with van der Waals surface area (Å²) >= 11 is 0. The largest absolute Gasteiger partial charge is 0.297 e. The molecule has 5 N–H and O–H groups in total. The number of amides is 1. The summed E-state index contributed by atoms with van der Waals surface area (Å²) < 4.78 is 154. The minimum atomic E-state index is -6.26. The number of hydrogen-bond acceptors (Lipinski definition) is 11. The number of hydrogen-bond donors (Lipinski definition) is 5. The van der Waals surface area contributed by atoms with Crippen molar-refractivity contribution < 1.29 is 65.1 Å². The van der Waals surface area contributed by atoms with Gasteiger partial charge >= 0.3 is 0 Å². The maximum Gasteiger partial charge on any atom is 0.297 e. The second kappa shape index (κ2) is 5.90. The van der Waals surface area contributed by atoms with E-state index < -0.39 is 86.4 Å². The van der Waals surface area contributed by atoms with Crippen molar-refractivity contribution >= 4 is 56.4 Å². The maximum atomic E-state index is 12.0. The van der Waals surface area contributed by atoms with Crippen LogP contribution in [-0.4, -0.2) is 66.2 Å². The molecule has 1 aromatic rings. The Hall–Kier alpha value is -1.72. The van der Waals surface area contributed by atoms with Crippen LogP contribution in [0.3, 0.4) is 0 Å². The van der Waals surface area contributed by atoms with Crippen LogP contribution in [0.15, 0.2) is 24.5 Å². The van der Waals surface area contributed by atoms with E-state index in [-0.39, 0.29) is 0 Å². The zero-order valence-corrected chi connectivity index (χ0v) is 16.4. The Bertz CT molecular complexity index is 1470. The van der Waals surface area contributed by atoms with E-state index in [0.717, 1.165) is 4.72 Å². The van der Waals surface area contributed by atoms with Gasteiger partial charge in [-0.2, -0.15) is 33.7 Å². The molecule has 1 aromatic carbocycles. The quantitative estimate of drug-likeness (QED) is 0.258. The lowest BCUT2D eigenvalue weighted by molar-refractivity contribution is 0.0980. The molecule has 1 amide bonds. The first kappa shape index (κ1) is 22.6. The van der Waals surface area contributed by atoms with E-state index in [4.69, 9.17) is 0 Å². The molecule has 2 rings (SSSR count). The zero-order chi connectivity index (χ0) is 22.2. The summed E-state index contributed by atoms with van der Waals surface area (Å²) in [4.78, 5) is -0.316. The number of rotatable bonds is 4. The van der Waals surface area contributed by atoms with Crippen LogP contribution in [0.4, 0.5) is 0 Å². The van der Waals surface area contributed by atoms with E-state index >= 15 is 0 Å². The fraction of sp³-hybridized carbons (Fsp3) is 0. The van der Waals surface area contributed by atoms with Crippen molar-refractivity contribution in [3.05, 3.63) is 5.56 Å². The molecule has 0 spiro atoms. The number of carbonyl (C=O) groups is 1. The molecule has 1 aliphatic rings. The summed E-state index contributed by atoms with van der Waals surface area (Å²) in [6.07, 6.45) is 0. The molecule has 0 bridgehead atoms. The van der Waals surface area contributed by atoms with E-state index in [1.54, 1.807) is 0 Å². The summed E-state index contributed by atoms with van der Waals surface area (Å²) in [7, 11) is -30.2. The van der Waals surface area contributed by atoms with E-state index in [2.05, 4.69) is 0 Å². The number of carbonyl (C=O) groups excluding carboxylic acids is 1. The van der Waals surface area contributed by atoms with Gasteiger partial charge in [0.2, 0.25) is 0 Å². The molecule has 0 fully saturated rings. The third-order valence-corrected chi connectivity index (χ3v) is 8.65. The Morgan fingerprint density at radius 3 is 1.25 bits per heavy atom. The monoisotopic (exact) mass is 503 g/mol. The maximum absolute atomic E-state index is 12.0. The summed E-state index contributed by atoms with van der Waals surface area (Å²) in [6.45, 7) is 0. The van der Waals surface area contributed by atoms with Gasteiger partial charge in [0.05, 0.1) is 5.56 Å². The Morgan fingerprint density at radius 2 is 0.929 bits per heavy atom. The van der Waals surface area contributed by atoms with Crippen molar-refractivity contribution in [2.75, 3.05) is 0 Å². The molecule has 21 heteroatoms. The van der Waals surface area contributed by atoms with Gasteiger partial charge in [-0.15, -0.1) is 0 Å². The first-order valence-electron chi connectivity index (χ1n) is 5.83.